The molecule has 0 saturated heterocycles. The van der Waals surface area contributed by atoms with Crippen LogP contribution in [0.2, 0.25) is 5.02 Å². The molecule has 0 aliphatic heterocycles. The van der Waals surface area contributed by atoms with Crippen LogP contribution < -0.4 is 9.47 Å². The first-order chi connectivity index (χ1) is 10.1. The van der Waals surface area contributed by atoms with Gasteiger partial charge in [0.2, 0.25) is 5.75 Å². The van der Waals surface area contributed by atoms with Gasteiger partial charge in [-0.25, -0.2) is 0 Å². The molecule has 2 aromatic rings. The van der Waals surface area contributed by atoms with Crippen molar-refractivity contribution in [2.75, 3.05) is 7.11 Å². The van der Waals surface area contributed by atoms with Gasteiger partial charge in [0, 0.05) is 12.1 Å². The van der Waals surface area contributed by atoms with Crippen molar-refractivity contribution < 1.29 is 19.2 Å². The van der Waals surface area contributed by atoms with Crippen LogP contribution in [0.5, 0.6) is 17.2 Å². The average molecular weight is 308 g/mol. The molecule has 0 aliphatic rings. The molecular weight excluding hydrogens is 298 g/mol. The van der Waals surface area contributed by atoms with Crippen LogP contribution in [0, 0.1) is 10.1 Å². The zero-order chi connectivity index (χ0) is 15.4. The highest BCUT2D eigenvalue weighted by Gasteiger charge is 2.18. The van der Waals surface area contributed by atoms with Gasteiger partial charge in [0.1, 0.15) is 11.5 Å². The number of benzene rings is 2. The van der Waals surface area contributed by atoms with Gasteiger partial charge >= 0.3 is 5.69 Å². The smallest absolute Gasteiger partial charge is 0.311 e. The normalized spacial score (nSPS) is 10.0. The molecular formula is C14H10ClNO5. The summed E-state index contributed by atoms with van der Waals surface area (Å²) in [4.78, 5) is 21.5. The van der Waals surface area contributed by atoms with Gasteiger partial charge < -0.3 is 9.47 Å². The topological polar surface area (TPSA) is 78.7 Å². The Kier molecular flexibility index (Phi) is 4.39. The molecule has 0 aliphatic carbocycles. The third-order valence-electron chi connectivity index (χ3n) is 2.71. The molecule has 2 aromatic carbocycles. The van der Waals surface area contributed by atoms with Crippen LogP contribution in [0.15, 0.2) is 36.4 Å². The molecule has 0 unspecified atom stereocenters. The van der Waals surface area contributed by atoms with Crippen molar-refractivity contribution in [1.29, 1.82) is 0 Å². The fourth-order valence-electron chi connectivity index (χ4n) is 1.69. The highest BCUT2D eigenvalue weighted by Crippen LogP contribution is 2.36. The van der Waals surface area contributed by atoms with E-state index in [2.05, 4.69) is 0 Å². The molecule has 108 valence electrons. The summed E-state index contributed by atoms with van der Waals surface area (Å²) in [6.45, 7) is 0. The van der Waals surface area contributed by atoms with Crippen LogP contribution in [-0.2, 0) is 0 Å². The lowest BCUT2D eigenvalue weighted by Gasteiger charge is -2.10. The molecule has 21 heavy (non-hydrogen) atoms. The molecule has 0 saturated carbocycles. The van der Waals surface area contributed by atoms with Crippen LogP contribution in [-0.4, -0.2) is 18.3 Å². The predicted molar refractivity (Wildman–Crippen MR) is 76.6 cm³/mol. The van der Waals surface area contributed by atoms with Crippen molar-refractivity contribution in [2.45, 2.75) is 0 Å². The molecule has 0 fully saturated rings. The maximum atomic E-state index is 11.1. The molecule has 0 amide bonds. The molecule has 0 heterocycles. The summed E-state index contributed by atoms with van der Waals surface area (Å²) in [5, 5.41) is 11.2. The standard InChI is InChI=1S/C14H10ClNO5/c1-20-9-5-6-12(16(18)19)14(7-9)21-13-4-2-3-11(15)10(13)8-17/h2-8H,1H3. The zero-order valence-corrected chi connectivity index (χ0v) is 11.7. The van der Waals surface area contributed by atoms with Gasteiger partial charge in [-0.05, 0) is 18.2 Å². The van der Waals surface area contributed by atoms with Crippen LogP contribution >= 0.6 is 11.6 Å². The Morgan fingerprint density at radius 3 is 2.62 bits per heavy atom. The number of halogens is 1. The Hall–Kier alpha value is -2.60. The van der Waals surface area contributed by atoms with E-state index >= 15 is 0 Å². The summed E-state index contributed by atoms with van der Waals surface area (Å²) in [5.41, 5.74) is -0.121. The number of carbonyl (C=O) groups is 1. The molecule has 0 bridgehead atoms. The SMILES string of the molecule is COc1ccc([N+](=O)[O-])c(Oc2cccc(Cl)c2C=O)c1. The number of aldehydes is 1. The number of rotatable bonds is 5. The Labute approximate surface area is 125 Å². The second-order valence-corrected chi connectivity index (χ2v) is 4.37. The van der Waals surface area contributed by atoms with Crippen molar-refractivity contribution >= 4 is 23.6 Å². The number of nitrogens with zero attached hydrogens (tertiary/aromatic N) is 1. The van der Waals surface area contributed by atoms with E-state index in [0.29, 0.717) is 12.0 Å². The largest absolute Gasteiger partial charge is 0.497 e. The van der Waals surface area contributed by atoms with Gasteiger partial charge in [-0.1, -0.05) is 17.7 Å². The lowest BCUT2D eigenvalue weighted by atomic mass is 10.2. The summed E-state index contributed by atoms with van der Waals surface area (Å²) in [6.07, 6.45) is 0.531. The first kappa shape index (κ1) is 14.8. The van der Waals surface area contributed by atoms with Crippen molar-refractivity contribution in [1.82, 2.24) is 0 Å². The number of methoxy groups -OCH3 is 1. The third-order valence-corrected chi connectivity index (χ3v) is 3.04. The van der Waals surface area contributed by atoms with Gasteiger partial charge in [-0.3, -0.25) is 14.9 Å². The Bertz CT molecular complexity index is 702. The van der Waals surface area contributed by atoms with E-state index in [1.165, 1.54) is 37.4 Å². The summed E-state index contributed by atoms with van der Waals surface area (Å²) in [5.74, 6) is 0.490. The van der Waals surface area contributed by atoms with Gasteiger partial charge in [0.25, 0.3) is 0 Å². The van der Waals surface area contributed by atoms with Crippen molar-refractivity contribution in [3.8, 4) is 17.2 Å². The van der Waals surface area contributed by atoms with Gasteiger partial charge in [0.05, 0.1) is 22.6 Å². The van der Waals surface area contributed by atoms with E-state index < -0.39 is 4.92 Å². The van der Waals surface area contributed by atoms with Gasteiger partial charge in [0.15, 0.2) is 6.29 Å². The Morgan fingerprint density at radius 1 is 1.24 bits per heavy atom. The highest BCUT2D eigenvalue weighted by molar-refractivity contribution is 6.33. The Morgan fingerprint density at radius 2 is 2.00 bits per heavy atom. The molecule has 2 rings (SSSR count). The number of carbonyl (C=O) groups excluding carboxylic acids is 1. The fraction of sp³-hybridized carbons (Fsp3) is 0.0714. The van der Waals surface area contributed by atoms with E-state index in [9.17, 15) is 14.9 Å². The third kappa shape index (κ3) is 3.11. The predicted octanol–water partition coefficient (Wildman–Crippen LogP) is 3.86. The summed E-state index contributed by atoms with van der Waals surface area (Å²) >= 11 is 5.89. The zero-order valence-electron chi connectivity index (χ0n) is 10.9. The first-order valence-corrected chi connectivity index (χ1v) is 6.18. The quantitative estimate of drug-likeness (QED) is 0.476. The van der Waals surface area contributed by atoms with Crippen molar-refractivity contribution in [3.05, 3.63) is 57.1 Å². The van der Waals surface area contributed by atoms with Crippen LogP contribution in [0.4, 0.5) is 5.69 Å². The molecule has 6 nitrogen and oxygen atoms in total. The average Bonchev–Trinajstić information content (AvgIpc) is 2.47. The maximum Gasteiger partial charge on any atom is 0.311 e. The van der Waals surface area contributed by atoms with E-state index in [1.807, 2.05) is 0 Å². The molecule has 0 radical (unpaired) electrons. The first-order valence-electron chi connectivity index (χ1n) is 5.80. The molecule has 0 atom stereocenters. The minimum atomic E-state index is -0.583. The number of hydrogen-bond acceptors (Lipinski definition) is 5. The van der Waals surface area contributed by atoms with Crippen molar-refractivity contribution in [2.24, 2.45) is 0 Å². The second-order valence-electron chi connectivity index (χ2n) is 3.96. The summed E-state index contributed by atoms with van der Waals surface area (Å²) < 4.78 is 10.5. The van der Waals surface area contributed by atoms with Crippen molar-refractivity contribution in [3.63, 3.8) is 0 Å². The van der Waals surface area contributed by atoms with E-state index in [4.69, 9.17) is 21.1 Å². The molecule has 7 heteroatoms. The second kappa shape index (κ2) is 6.23. The van der Waals surface area contributed by atoms with E-state index in [1.54, 1.807) is 6.07 Å². The van der Waals surface area contributed by atoms with Crippen LogP contribution in [0.1, 0.15) is 10.4 Å². The highest BCUT2D eigenvalue weighted by atomic mass is 35.5. The molecule has 0 spiro atoms. The van der Waals surface area contributed by atoms with Crippen LogP contribution in [0.25, 0.3) is 0 Å². The molecule has 0 N–H and O–H groups in total. The number of nitro groups is 1. The van der Waals surface area contributed by atoms with Gasteiger partial charge in [-0.2, -0.15) is 0 Å². The van der Waals surface area contributed by atoms with E-state index in [0.717, 1.165) is 0 Å². The fourth-order valence-corrected chi connectivity index (χ4v) is 1.90. The van der Waals surface area contributed by atoms with Gasteiger partial charge in [-0.15, -0.1) is 0 Å². The Balaban J connectivity index is 2.50. The number of ether oxygens (including phenoxy) is 2. The maximum absolute atomic E-state index is 11.1. The number of nitro benzene ring substituents is 1. The number of hydrogen-bond donors (Lipinski definition) is 0. The summed E-state index contributed by atoms with van der Waals surface area (Å²) in [6, 6.07) is 8.68. The molecule has 0 aromatic heterocycles. The lowest BCUT2D eigenvalue weighted by Crippen LogP contribution is -1.97. The monoisotopic (exact) mass is 307 g/mol. The summed E-state index contributed by atoms with van der Waals surface area (Å²) in [7, 11) is 1.43. The van der Waals surface area contributed by atoms with E-state index in [-0.39, 0.29) is 27.8 Å². The minimum Gasteiger partial charge on any atom is -0.497 e. The lowest BCUT2D eigenvalue weighted by molar-refractivity contribution is -0.385. The van der Waals surface area contributed by atoms with Crippen LogP contribution in [0.3, 0.4) is 0 Å². The minimum absolute atomic E-state index is 0.0373.